The normalized spacial score (nSPS) is 26.8. The zero-order chi connectivity index (χ0) is 32.4. The molecule has 236 valence electrons. The minimum atomic E-state index is -0.329. The van der Waals surface area contributed by atoms with Crippen LogP contribution in [0, 0.1) is 22.7 Å². The first-order chi connectivity index (χ1) is 20.0. The van der Waals surface area contributed by atoms with Crippen LogP contribution in [0.1, 0.15) is 102 Å². The predicted molar refractivity (Wildman–Crippen MR) is 189 cm³/mol. The molecule has 2 aliphatic carbocycles. The molecule has 0 aliphatic heterocycles. The van der Waals surface area contributed by atoms with Crippen LogP contribution < -0.4 is 0 Å². The molecular weight excluding hydrogens is 524 g/mol. The minimum absolute atomic E-state index is 0.0150. The van der Waals surface area contributed by atoms with Crippen molar-refractivity contribution in [1.29, 1.82) is 0 Å². The lowest BCUT2D eigenvalue weighted by molar-refractivity contribution is 0.116. The van der Waals surface area contributed by atoms with Gasteiger partial charge in [0, 0.05) is 5.92 Å². The maximum Gasteiger partial charge on any atom is 0.0729 e. The summed E-state index contributed by atoms with van der Waals surface area (Å²) < 4.78 is 0. The zero-order valence-electron chi connectivity index (χ0n) is 29.0. The van der Waals surface area contributed by atoms with Gasteiger partial charge in [-0.25, -0.2) is 0 Å². The second-order valence-corrected chi connectivity index (χ2v) is 14.7. The van der Waals surface area contributed by atoms with Crippen LogP contribution in [0.3, 0.4) is 0 Å². The molecule has 0 bridgehead atoms. The molecular formula is C41H60O2. The van der Waals surface area contributed by atoms with Crippen LogP contribution >= 0.6 is 0 Å². The van der Waals surface area contributed by atoms with Crippen LogP contribution in [0.25, 0.3) is 0 Å². The maximum absolute atomic E-state index is 10.1. The van der Waals surface area contributed by atoms with Crippen molar-refractivity contribution in [2.75, 3.05) is 0 Å². The fraction of sp³-hybridized carbons (Fsp3) is 0.512. The van der Waals surface area contributed by atoms with E-state index in [4.69, 9.17) is 0 Å². The third kappa shape index (κ3) is 12.5. The summed E-state index contributed by atoms with van der Waals surface area (Å²) in [4.78, 5) is 0. The summed E-state index contributed by atoms with van der Waals surface area (Å²) in [6, 6.07) is 0. The molecule has 2 rings (SSSR count). The van der Waals surface area contributed by atoms with Gasteiger partial charge >= 0.3 is 0 Å². The number of allylic oxidation sites excluding steroid dienone is 18. The Balaban J connectivity index is 1.89. The highest BCUT2D eigenvalue weighted by molar-refractivity contribution is 5.37. The second-order valence-electron chi connectivity index (χ2n) is 14.7. The van der Waals surface area contributed by atoms with E-state index in [1.807, 2.05) is 6.08 Å². The molecule has 43 heavy (non-hydrogen) atoms. The van der Waals surface area contributed by atoms with Gasteiger partial charge in [0.05, 0.1) is 12.2 Å². The van der Waals surface area contributed by atoms with Gasteiger partial charge < -0.3 is 10.2 Å². The van der Waals surface area contributed by atoms with Crippen molar-refractivity contribution in [2.45, 2.75) is 114 Å². The van der Waals surface area contributed by atoms with Crippen molar-refractivity contribution in [1.82, 2.24) is 0 Å². The fourth-order valence-electron chi connectivity index (χ4n) is 6.83. The van der Waals surface area contributed by atoms with E-state index < -0.39 is 0 Å². The third-order valence-electron chi connectivity index (χ3n) is 8.82. The van der Waals surface area contributed by atoms with E-state index in [1.54, 1.807) is 0 Å². The molecule has 3 unspecified atom stereocenters. The third-order valence-corrected chi connectivity index (χ3v) is 8.82. The monoisotopic (exact) mass is 584 g/mol. The van der Waals surface area contributed by atoms with Crippen LogP contribution in [0.4, 0.5) is 0 Å². The van der Waals surface area contributed by atoms with Crippen LogP contribution in [0.5, 0.6) is 0 Å². The van der Waals surface area contributed by atoms with E-state index in [0.29, 0.717) is 11.8 Å². The van der Waals surface area contributed by atoms with Gasteiger partial charge in [0.2, 0.25) is 0 Å². The van der Waals surface area contributed by atoms with E-state index in [2.05, 4.69) is 149 Å². The predicted octanol–water partition coefficient (Wildman–Crippen LogP) is 10.9. The van der Waals surface area contributed by atoms with Gasteiger partial charge in [0.25, 0.3) is 0 Å². The van der Waals surface area contributed by atoms with Crippen LogP contribution in [0.15, 0.2) is 118 Å². The Morgan fingerprint density at radius 1 is 0.860 bits per heavy atom. The maximum atomic E-state index is 10.1. The van der Waals surface area contributed by atoms with Crippen LogP contribution in [-0.4, -0.2) is 22.4 Å². The van der Waals surface area contributed by atoms with Crippen LogP contribution in [-0.2, 0) is 0 Å². The molecule has 2 heteroatoms. The number of aliphatic hydroxyl groups is 2. The molecule has 0 saturated heterocycles. The largest absolute Gasteiger partial charge is 0.393 e. The van der Waals surface area contributed by atoms with Crippen molar-refractivity contribution in [3.05, 3.63) is 118 Å². The molecule has 2 nitrogen and oxygen atoms in total. The summed E-state index contributed by atoms with van der Waals surface area (Å²) in [5.41, 5.74) is 9.07. The Hall–Kier alpha value is -2.68. The number of aliphatic hydroxyl groups excluding tert-OH is 2. The molecule has 4 atom stereocenters. The van der Waals surface area contributed by atoms with Gasteiger partial charge in [-0.1, -0.05) is 147 Å². The molecule has 2 N–H and O–H groups in total. The Labute approximate surface area is 264 Å². The summed E-state index contributed by atoms with van der Waals surface area (Å²) >= 11 is 0. The van der Waals surface area contributed by atoms with Gasteiger partial charge in [-0.2, -0.15) is 0 Å². The van der Waals surface area contributed by atoms with Crippen molar-refractivity contribution in [2.24, 2.45) is 22.7 Å². The summed E-state index contributed by atoms with van der Waals surface area (Å²) in [5.74, 6) is 0.814. The topological polar surface area (TPSA) is 40.5 Å². The minimum Gasteiger partial charge on any atom is -0.393 e. The van der Waals surface area contributed by atoms with Gasteiger partial charge in [-0.15, -0.1) is 0 Å². The summed E-state index contributed by atoms with van der Waals surface area (Å²) in [7, 11) is 0. The highest BCUT2D eigenvalue weighted by Crippen LogP contribution is 2.42. The van der Waals surface area contributed by atoms with E-state index in [1.165, 1.54) is 39.0 Å². The summed E-state index contributed by atoms with van der Waals surface area (Å²) in [5, 5.41) is 20.2. The second kappa shape index (κ2) is 16.4. The molecule has 0 saturated carbocycles. The average Bonchev–Trinajstić information content (AvgIpc) is 2.84. The SMILES string of the molecule is CC1=CC(O)CC(C)(C)C1/C=C/C(C)=C/C=C/C(C)=C/C=C/C=C(\C)C[C@H](C)/C=C(C)/C=C/C1=C(C)CC(O)CC1(C)C. The standard InChI is InChI=1S/C41H60O2/c1-29(17-14-18-30(2)19-21-38-34(6)25-36(42)27-40(38,8)9)15-12-13-16-31(3)23-33(5)24-32(4)20-22-39-35(7)26-37(43)28-41(39,10)11/h12-22,24-25,33,36-38,42-43H,23,26-28H2,1-11H3/b13-12+,17-14+,21-19+,22-20+,29-15+,30-18+,31-16+,32-24+/t33-,36?,37?,38?/m0/s1. The first-order valence-corrected chi connectivity index (χ1v) is 16.1. The van der Waals surface area contributed by atoms with E-state index in [0.717, 1.165) is 25.7 Å². The quantitative estimate of drug-likeness (QED) is 0.187. The number of hydrogen-bond acceptors (Lipinski definition) is 2. The van der Waals surface area contributed by atoms with Crippen molar-refractivity contribution < 1.29 is 10.2 Å². The molecule has 0 aromatic carbocycles. The molecule has 0 heterocycles. The van der Waals surface area contributed by atoms with E-state index >= 15 is 0 Å². The Morgan fingerprint density at radius 2 is 1.49 bits per heavy atom. The molecule has 0 amide bonds. The van der Waals surface area contributed by atoms with Crippen LogP contribution in [0.2, 0.25) is 0 Å². The first kappa shape index (κ1) is 36.5. The Kier molecular flexibility index (Phi) is 13.9. The average molecular weight is 585 g/mol. The number of rotatable bonds is 11. The van der Waals surface area contributed by atoms with Gasteiger partial charge in [0.1, 0.15) is 0 Å². The van der Waals surface area contributed by atoms with Crippen molar-refractivity contribution in [3.8, 4) is 0 Å². The molecule has 0 fully saturated rings. The molecule has 0 spiro atoms. The molecule has 0 aromatic heterocycles. The fourth-order valence-corrected chi connectivity index (χ4v) is 6.83. The lowest BCUT2D eigenvalue weighted by atomic mass is 9.67. The molecule has 0 radical (unpaired) electrons. The first-order valence-electron chi connectivity index (χ1n) is 16.1. The lowest BCUT2D eigenvalue weighted by Gasteiger charge is -2.38. The highest BCUT2D eigenvalue weighted by Gasteiger charge is 2.34. The van der Waals surface area contributed by atoms with Crippen molar-refractivity contribution in [3.63, 3.8) is 0 Å². The van der Waals surface area contributed by atoms with Gasteiger partial charge in [-0.3, -0.25) is 0 Å². The van der Waals surface area contributed by atoms with Gasteiger partial charge in [0.15, 0.2) is 0 Å². The molecule has 0 aromatic rings. The molecule has 2 aliphatic rings. The summed E-state index contributed by atoms with van der Waals surface area (Å²) in [6.07, 6.45) is 31.2. The lowest BCUT2D eigenvalue weighted by Crippen LogP contribution is -2.32. The Morgan fingerprint density at radius 3 is 2.14 bits per heavy atom. The zero-order valence-corrected chi connectivity index (χ0v) is 29.0. The smallest absolute Gasteiger partial charge is 0.0729 e. The van der Waals surface area contributed by atoms with Gasteiger partial charge in [-0.05, 0) is 89.5 Å². The van der Waals surface area contributed by atoms with E-state index in [9.17, 15) is 10.2 Å². The highest BCUT2D eigenvalue weighted by atomic mass is 16.3. The van der Waals surface area contributed by atoms with Crippen molar-refractivity contribution >= 4 is 0 Å². The number of hydrogen-bond donors (Lipinski definition) is 2. The Bertz CT molecular complexity index is 1260. The summed E-state index contributed by atoms with van der Waals surface area (Å²) in [6.45, 7) is 24.1. The van der Waals surface area contributed by atoms with E-state index in [-0.39, 0.29) is 23.0 Å².